The Morgan fingerprint density at radius 2 is 1.73 bits per heavy atom. The molecule has 9 heteroatoms. The Kier molecular flexibility index (Phi) is 6.19. The molecule has 0 radical (unpaired) electrons. The van der Waals surface area contributed by atoms with Gasteiger partial charge in [0, 0.05) is 36.6 Å². The lowest BCUT2D eigenvalue weighted by Gasteiger charge is -2.31. The maximum atomic E-state index is 12.9. The zero-order valence-electron chi connectivity index (χ0n) is 18.4. The van der Waals surface area contributed by atoms with Gasteiger partial charge in [0.1, 0.15) is 0 Å². The molecular formula is C24H27ClN4O4. The molecule has 0 spiro atoms. The molecule has 8 nitrogen and oxygen atoms in total. The van der Waals surface area contributed by atoms with Crippen LogP contribution in [-0.2, 0) is 14.4 Å². The fraction of sp³-hybridized carbons (Fsp3) is 0.542. The molecule has 2 aliphatic heterocycles. The van der Waals surface area contributed by atoms with Crippen molar-refractivity contribution in [1.29, 1.82) is 0 Å². The predicted molar refractivity (Wildman–Crippen MR) is 120 cm³/mol. The van der Waals surface area contributed by atoms with Gasteiger partial charge < -0.3 is 9.42 Å². The summed E-state index contributed by atoms with van der Waals surface area (Å²) in [4.78, 5) is 45.9. The van der Waals surface area contributed by atoms with Gasteiger partial charge in [0.2, 0.25) is 29.4 Å². The minimum absolute atomic E-state index is 0.0332. The van der Waals surface area contributed by atoms with Crippen LogP contribution in [-0.4, -0.2) is 57.3 Å². The van der Waals surface area contributed by atoms with E-state index < -0.39 is 0 Å². The van der Waals surface area contributed by atoms with E-state index in [9.17, 15) is 14.4 Å². The van der Waals surface area contributed by atoms with Gasteiger partial charge in [0.05, 0.1) is 17.8 Å². The molecule has 5 rings (SSSR count). The van der Waals surface area contributed by atoms with Gasteiger partial charge >= 0.3 is 0 Å². The van der Waals surface area contributed by atoms with E-state index in [2.05, 4.69) is 10.1 Å². The zero-order valence-corrected chi connectivity index (χ0v) is 19.2. The van der Waals surface area contributed by atoms with Crippen molar-refractivity contribution in [3.05, 3.63) is 35.2 Å². The number of carbonyl (C=O) groups excluding carboxylic acids is 3. The highest BCUT2D eigenvalue weighted by molar-refractivity contribution is 6.30. The number of hydrogen-bond acceptors (Lipinski definition) is 6. The monoisotopic (exact) mass is 470 g/mol. The summed E-state index contributed by atoms with van der Waals surface area (Å²) in [5, 5.41) is 4.73. The number of amides is 3. The lowest BCUT2D eigenvalue weighted by atomic mass is 9.81. The SMILES string of the molecule is O=C(CCN1C(=O)C2CCCCC2C1=O)N1CCCC(c2nc(-c3ccc(Cl)cc3)no2)C1. The van der Waals surface area contributed by atoms with Gasteiger partial charge in [-0.15, -0.1) is 0 Å². The van der Waals surface area contributed by atoms with Crippen LogP contribution in [0.4, 0.5) is 0 Å². The minimum atomic E-state index is -0.173. The standard InChI is InChI=1S/C24H27ClN4O4/c25-17-9-7-15(8-10-17)21-26-22(33-27-21)16-4-3-12-28(14-16)20(30)11-13-29-23(31)18-5-1-2-6-19(18)24(29)32/h7-10,16,18-19H,1-6,11-14H2. The van der Waals surface area contributed by atoms with Gasteiger partial charge in [0.25, 0.3) is 0 Å². The Morgan fingerprint density at radius 1 is 1.03 bits per heavy atom. The summed E-state index contributed by atoms with van der Waals surface area (Å²) >= 11 is 5.94. The minimum Gasteiger partial charge on any atom is -0.342 e. The summed E-state index contributed by atoms with van der Waals surface area (Å²) in [5.74, 6) is 0.413. The summed E-state index contributed by atoms with van der Waals surface area (Å²) < 4.78 is 5.51. The Hall–Kier alpha value is -2.74. The number of rotatable bonds is 5. The molecule has 3 unspecified atom stereocenters. The van der Waals surface area contributed by atoms with E-state index in [1.54, 1.807) is 17.0 Å². The fourth-order valence-corrected chi connectivity index (χ4v) is 5.47. The van der Waals surface area contributed by atoms with E-state index in [-0.39, 0.29) is 48.4 Å². The van der Waals surface area contributed by atoms with Crippen molar-refractivity contribution < 1.29 is 18.9 Å². The number of piperidine rings is 1. The average Bonchev–Trinajstić information content (AvgIpc) is 3.43. The number of imide groups is 1. The molecule has 3 aliphatic rings. The van der Waals surface area contributed by atoms with E-state index in [1.165, 1.54) is 4.90 Å². The van der Waals surface area contributed by atoms with Crippen LogP contribution in [0.15, 0.2) is 28.8 Å². The smallest absolute Gasteiger partial charge is 0.233 e. The summed E-state index contributed by atoms with van der Waals surface area (Å²) in [6, 6.07) is 7.23. The first-order valence-electron chi connectivity index (χ1n) is 11.7. The van der Waals surface area contributed by atoms with Gasteiger partial charge in [-0.25, -0.2) is 0 Å². The number of hydrogen-bond donors (Lipinski definition) is 0. The second-order valence-electron chi connectivity index (χ2n) is 9.22. The molecule has 2 aromatic rings. The lowest BCUT2D eigenvalue weighted by Crippen LogP contribution is -2.41. The van der Waals surface area contributed by atoms with Crippen molar-refractivity contribution in [3.8, 4) is 11.4 Å². The van der Waals surface area contributed by atoms with Crippen molar-refractivity contribution in [2.24, 2.45) is 11.8 Å². The molecule has 33 heavy (non-hydrogen) atoms. The van der Waals surface area contributed by atoms with Gasteiger partial charge in [-0.2, -0.15) is 4.98 Å². The molecule has 0 N–H and O–H groups in total. The molecule has 1 aromatic heterocycles. The summed E-state index contributed by atoms with van der Waals surface area (Å²) in [6.45, 7) is 1.32. The highest BCUT2D eigenvalue weighted by Gasteiger charge is 2.48. The topological polar surface area (TPSA) is 96.6 Å². The summed E-state index contributed by atoms with van der Waals surface area (Å²) in [5.41, 5.74) is 0.818. The molecule has 1 aliphatic carbocycles. The molecule has 3 heterocycles. The zero-order chi connectivity index (χ0) is 22.9. The fourth-order valence-electron chi connectivity index (χ4n) is 5.34. The molecule has 1 saturated carbocycles. The maximum absolute atomic E-state index is 12.9. The van der Waals surface area contributed by atoms with Crippen LogP contribution in [0, 0.1) is 11.8 Å². The first kappa shape index (κ1) is 22.1. The third-order valence-electron chi connectivity index (χ3n) is 7.15. The molecule has 3 atom stereocenters. The molecule has 174 valence electrons. The Labute approximate surface area is 197 Å². The van der Waals surface area contributed by atoms with Crippen molar-refractivity contribution in [2.75, 3.05) is 19.6 Å². The van der Waals surface area contributed by atoms with E-state index in [4.69, 9.17) is 16.1 Å². The highest BCUT2D eigenvalue weighted by Crippen LogP contribution is 2.38. The molecule has 0 bridgehead atoms. The lowest BCUT2D eigenvalue weighted by molar-refractivity contribution is -0.141. The normalized spacial score (nSPS) is 25.4. The summed E-state index contributed by atoms with van der Waals surface area (Å²) in [6.07, 6.45) is 5.42. The second-order valence-corrected chi connectivity index (χ2v) is 9.65. The quantitative estimate of drug-likeness (QED) is 0.618. The number of likely N-dealkylation sites (tertiary alicyclic amines) is 2. The van der Waals surface area contributed by atoms with Crippen LogP contribution in [0.3, 0.4) is 0 Å². The van der Waals surface area contributed by atoms with E-state index in [0.717, 1.165) is 44.1 Å². The third kappa shape index (κ3) is 4.40. The van der Waals surface area contributed by atoms with E-state index >= 15 is 0 Å². The van der Waals surface area contributed by atoms with Gasteiger partial charge in [0.15, 0.2) is 0 Å². The van der Waals surface area contributed by atoms with Crippen molar-refractivity contribution in [1.82, 2.24) is 19.9 Å². The van der Waals surface area contributed by atoms with Crippen molar-refractivity contribution >= 4 is 29.3 Å². The first-order chi connectivity index (χ1) is 16.0. The highest BCUT2D eigenvalue weighted by atomic mass is 35.5. The number of aromatic nitrogens is 2. The number of carbonyl (C=O) groups is 3. The summed E-state index contributed by atoms with van der Waals surface area (Å²) in [7, 11) is 0. The Bertz CT molecular complexity index is 1030. The van der Waals surface area contributed by atoms with Gasteiger partial charge in [-0.1, -0.05) is 29.6 Å². The average molecular weight is 471 g/mol. The number of benzene rings is 1. The number of halogens is 1. The number of nitrogens with zero attached hydrogens (tertiary/aromatic N) is 4. The number of fused-ring (bicyclic) bond motifs is 1. The molecular weight excluding hydrogens is 444 g/mol. The van der Waals surface area contributed by atoms with E-state index in [1.807, 2.05) is 12.1 Å². The Morgan fingerprint density at radius 3 is 2.42 bits per heavy atom. The predicted octanol–water partition coefficient (Wildman–Crippen LogP) is 3.66. The molecule has 3 amide bonds. The Balaban J connectivity index is 1.19. The van der Waals surface area contributed by atoms with Gasteiger partial charge in [-0.3, -0.25) is 19.3 Å². The van der Waals surface area contributed by atoms with Crippen molar-refractivity contribution in [3.63, 3.8) is 0 Å². The molecule has 1 aromatic carbocycles. The molecule has 2 saturated heterocycles. The van der Waals surface area contributed by atoms with Crippen LogP contribution in [0.25, 0.3) is 11.4 Å². The second kappa shape index (κ2) is 9.25. The van der Waals surface area contributed by atoms with Crippen LogP contribution in [0.1, 0.15) is 56.8 Å². The van der Waals surface area contributed by atoms with E-state index in [0.29, 0.717) is 29.8 Å². The molecule has 3 fully saturated rings. The first-order valence-corrected chi connectivity index (χ1v) is 12.1. The van der Waals surface area contributed by atoms with Crippen LogP contribution in [0.5, 0.6) is 0 Å². The van der Waals surface area contributed by atoms with Crippen LogP contribution < -0.4 is 0 Å². The third-order valence-corrected chi connectivity index (χ3v) is 7.40. The largest absolute Gasteiger partial charge is 0.342 e. The van der Waals surface area contributed by atoms with Gasteiger partial charge in [-0.05, 0) is 49.9 Å². The van der Waals surface area contributed by atoms with Crippen LogP contribution >= 0.6 is 11.6 Å². The maximum Gasteiger partial charge on any atom is 0.233 e. The van der Waals surface area contributed by atoms with Crippen LogP contribution in [0.2, 0.25) is 5.02 Å². The van der Waals surface area contributed by atoms with Crippen molar-refractivity contribution in [2.45, 2.75) is 50.9 Å².